The quantitative estimate of drug-likeness (QED) is 0.304. The van der Waals surface area contributed by atoms with Crippen LogP contribution in [0.15, 0.2) is 52.3 Å². The molecule has 0 bridgehead atoms. The van der Waals surface area contributed by atoms with Gasteiger partial charge in [0.25, 0.3) is 16.8 Å². The van der Waals surface area contributed by atoms with Crippen LogP contribution in [0.5, 0.6) is 0 Å². The molecule has 0 radical (unpaired) electrons. The smallest absolute Gasteiger partial charge is 0.293 e. The zero-order valence-corrected chi connectivity index (χ0v) is 17.2. The second-order valence-electron chi connectivity index (χ2n) is 6.31. The summed E-state index contributed by atoms with van der Waals surface area (Å²) in [6.45, 7) is 2.03. The summed E-state index contributed by atoms with van der Waals surface area (Å²) in [6, 6.07) is 12.2. The maximum absolute atomic E-state index is 12.7. The maximum atomic E-state index is 12.7. The van der Waals surface area contributed by atoms with Crippen LogP contribution >= 0.6 is 23.5 Å². The Balaban J connectivity index is 1.83. The van der Waals surface area contributed by atoms with E-state index in [2.05, 4.69) is 0 Å². The number of imide groups is 1. The number of nitro benzene ring substituents is 1. The summed E-state index contributed by atoms with van der Waals surface area (Å²) in [7, 11) is 0. The van der Waals surface area contributed by atoms with E-state index in [0.29, 0.717) is 16.2 Å². The first kappa shape index (κ1) is 21.1. The van der Waals surface area contributed by atoms with E-state index in [1.165, 1.54) is 28.8 Å². The fraction of sp³-hybridized carbons (Fsp3) is 0.200. The molecule has 1 fully saturated rings. The molecule has 0 aliphatic carbocycles. The van der Waals surface area contributed by atoms with Crippen molar-refractivity contribution >= 4 is 46.4 Å². The minimum atomic E-state index is -0.499. The maximum Gasteiger partial charge on any atom is 0.293 e. The first-order valence-electron chi connectivity index (χ1n) is 8.72. The van der Waals surface area contributed by atoms with Gasteiger partial charge in [-0.1, -0.05) is 35.9 Å². The Hall–Kier alpha value is -2.62. The number of thioether (sulfide) groups is 2. The van der Waals surface area contributed by atoms with Gasteiger partial charge in [-0.05, 0) is 42.0 Å². The highest BCUT2D eigenvalue weighted by Gasteiger charge is 2.35. The number of aryl methyl sites for hydroxylation is 1. The van der Waals surface area contributed by atoms with E-state index in [9.17, 15) is 19.7 Å². The van der Waals surface area contributed by atoms with Gasteiger partial charge in [0.05, 0.1) is 27.9 Å². The Labute approximate surface area is 175 Å². The van der Waals surface area contributed by atoms with Crippen molar-refractivity contribution in [1.82, 2.24) is 4.90 Å². The van der Waals surface area contributed by atoms with Gasteiger partial charge >= 0.3 is 0 Å². The first-order valence-corrected chi connectivity index (χ1v) is 10.5. The molecule has 1 saturated heterocycles. The summed E-state index contributed by atoms with van der Waals surface area (Å²) < 4.78 is 0. The lowest BCUT2D eigenvalue weighted by atomic mass is 10.1. The van der Waals surface area contributed by atoms with E-state index in [1.54, 1.807) is 12.1 Å². The van der Waals surface area contributed by atoms with Crippen LogP contribution in [0.2, 0.25) is 0 Å². The highest BCUT2D eigenvalue weighted by Crippen LogP contribution is 2.35. The van der Waals surface area contributed by atoms with Gasteiger partial charge in [0.2, 0.25) is 0 Å². The summed E-state index contributed by atoms with van der Waals surface area (Å²) in [5.41, 5.74) is 2.26. The van der Waals surface area contributed by atoms with Crippen LogP contribution in [0.4, 0.5) is 10.5 Å². The van der Waals surface area contributed by atoms with Crippen molar-refractivity contribution in [2.24, 2.45) is 0 Å². The van der Waals surface area contributed by atoms with Crippen molar-refractivity contribution in [3.63, 3.8) is 0 Å². The number of carbonyl (C=O) groups is 2. The number of benzene rings is 2. The fourth-order valence-electron chi connectivity index (χ4n) is 2.83. The van der Waals surface area contributed by atoms with E-state index >= 15 is 0 Å². The monoisotopic (exact) mass is 430 g/mol. The molecular weight excluding hydrogens is 412 g/mol. The molecule has 0 saturated carbocycles. The number of aliphatic hydroxyl groups excluding tert-OH is 1. The van der Waals surface area contributed by atoms with Crippen LogP contribution in [-0.4, -0.2) is 38.4 Å². The predicted molar refractivity (Wildman–Crippen MR) is 114 cm³/mol. The average Bonchev–Trinajstić information content (AvgIpc) is 2.94. The summed E-state index contributed by atoms with van der Waals surface area (Å²) in [4.78, 5) is 37.7. The number of nitro groups is 1. The molecule has 1 N–H and O–H groups in total. The number of aliphatic hydroxyl groups is 1. The van der Waals surface area contributed by atoms with Crippen molar-refractivity contribution in [1.29, 1.82) is 0 Å². The molecule has 2 aromatic rings. The van der Waals surface area contributed by atoms with Gasteiger partial charge < -0.3 is 5.11 Å². The highest BCUT2D eigenvalue weighted by molar-refractivity contribution is 8.18. The lowest BCUT2D eigenvalue weighted by Crippen LogP contribution is -2.27. The highest BCUT2D eigenvalue weighted by atomic mass is 32.2. The van der Waals surface area contributed by atoms with E-state index in [0.717, 1.165) is 22.9 Å². The number of carbonyl (C=O) groups excluding carboxylic acids is 2. The number of rotatable bonds is 7. The zero-order chi connectivity index (χ0) is 21.0. The van der Waals surface area contributed by atoms with Gasteiger partial charge in [-0.15, -0.1) is 11.8 Å². The summed E-state index contributed by atoms with van der Waals surface area (Å²) >= 11 is 2.01. The first-order chi connectivity index (χ1) is 13.9. The largest absolute Gasteiger partial charge is 0.396 e. The molecule has 0 spiro atoms. The lowest BCUT2D eigenvalue weighted by Gasteiger charge is -2.12. The van der Waals surface area contributed by atoms with Crippen molar-refractivity contribution in [2.75, 3.05) is 12.4 Å². The van der Waals surface area contributed by atoms with E-state index in [-0.39, 0.29) is 29.0 Å². The molecule has 7 nitrogen and oxygen atoms in total. The summed E-state index contributed by atoms with van der Waals surface area (Å²) in [5, 5.41) is 19.9. The average molecular weight is 431 g/mol. The molecule has 2 amide bonds. The normalized spacial score (nSPS) is 15.4. The Bertz CT molecular complexity index is 1010. The van der Waals surface area contributed by atoms with Crippen LogP contribution in [0, 0.1) is 17.0 Å². The lowest BCUT2D eigenvalue weighted by molar-refractivity contribution is -0.387. The standard InChI is InChI=1S/C20H18N2O5S2/c1-13-3-2-4-15(9-13)12-21-19(24)18(29-20(21)25)11-14-5-6-17(28-8-7-23)16(10-14)22(26)27/h2-6,9-11,23H,7-8,12H2,1H3/b18-11-. The molecule has 0 atom stereocenters. The van der Waals surface area contributed by atoms with Crippen LogP contribution in [0.25, 0.3) is 6.08 Å². The van der Waals surface area contributed by atoms with Crippen LogP contribution in [-0.2, 0) is 11.3 Å². The van der Waals surface area contributed by atoms with E-state index in [4.69, 9.17) is 5.11 Å². The second-order valence-corrected chi connectivity index (χ2v) is 8.44. The minimum Gasteiger partial charge on any atom is -0.396 e. The van der Waals surface area contributed by atoms with Crippen molar-refractivity contribution < 1.29 is 19.6 Å². The van der Waals surface area contributed by atoms with Gasteiger partial charge in [0.1, 0.15) is 0 Å². The molecule has 1 aliphatic rings. The molecule has 150 valence electrons. The molecule has 1 heterocycles. The number of hydrogen-bond donors (Lipinski definition) is 1. The van der Waals surface area contributed by atoms with Gasteiger partial charge in [-0.3, -0.25) is 24.6 Å². The molecule has 1 aliphatic heterocycles. The van der Waals surface area contributed by atoms with Crippen molar-refractivity contribution in [3.05, 3.63) is 74.2 Å². The molecule has 29 heavy (non-hydrogen) atoms. The van der Waals surface area contributed by atoms with Gasteiger partial charge in [-0.2, -0.15) is 0 Å². The third-order valence-corrected chi connectivity index (χ3v) is 6.07. The number of hydrogen-bond acceptors (Lipinski definition) is 7. The SMILES string of the molecule is Cc1cccc(CN2C(=O)S/C(=C\c3ccc(SCCO)c([N+](=O)[O-])c3)C2=O)c1. The molecule has 0 unspecified atom stereocenters. The molecular formula is C20H18N2O5S2. The Kier molecular flexibility index (Phi) is 6.73. The predicted octanol–water partition coefficient (Wildman–Crippen LogP) is 4.22. The minimum absolute atomic E-state index is 0.0857. The second kappa shape index (κ2) is 9.25. The third kappa shape index (κ3) is 5.06. The van der Waals surface area contributed by atoms with Gasteiger partial charge in [-0.25, -0.2) is 0 Å². The Morgan fingerprint density at radius 1 is 1.24 bits per heavy atom. The molecule has 3 rings (SSSR count). The van der Waals surface area contributed by atoms with Crippen LogP contribution in [0.1, 0.15) is 16.7 Å². The topological polar surface area (TPSA) is 101 Å². The third-order valence-electron chi connectivity index (χ3n) is 4.12. The number of nitrogens with zero attached hydrogens (tertiary/aromatic N) is 2. The molecule has 2 aromatic carbocycles. The molecule has 9 heteroatoms. The van der Waals surface area contributed by atoms with E-state index in [1.807, 2.05) is 31.2 Å². The van der Waals surface area contributed by atoms with Gasteiger partial charge in [0.15, 0.2) is 0 Å². The van der Waals surface area contributed by atoms with Crippen molar-refractivity contribution in [2.45, 2.75) is 18.4 Å². The van der Waals surface area contributed by atoms with E-state index < -0.39 is 10.8 Å². The van der Waals surface area contributed by atoms with Gasteiger partial charge in [0, 0.05) is 11.8 Å². The Morgan fingerprint density at radius 3 is 2.72 bits per heavy atom. The Morgan fingerprint density at radius 2 is 2.03 bits per heavy atom. The molecule has 0 aromatic heterocycles. The van der Waals surface area contributed by atoms with Crippen LogP contribution in [0.3, 0.4) is 0 Å². The zero-order valence-electron chi connectivity index (χ0n) is 15.5. The number of amides is 2. The summed E-state index contributed by atoms with van der Waals surface area (Å²) in [6.07, 6.45) is 1.49. The summed E-state index contributed by atoms with van der Waals surface area (Å²) in [5.74, 6) is -0.0687. The fourth-order valence-corrected chi connectivity index (χ4v) is 4.42. The van der Waals surface area contributed by atoms with Crippen molar-refractivity contribution in [3.8, 4) is 0 Å². The van der Waals surface area contributed by atoms with Crippen LogP contribution < -0.4 is 0 Å².